The first-order valence-corrected chi connectivity index (χ1v) is 5.94. The lowest BCUT2D eigenvalue weighted by atomic mass is 10.3. The molecule has 1 amide bonds. The van der Waals surface area contributed by atoms with Gasteiger partial charge < -0.3 is 14.8 Å². The number of fused-ring (bicyclic) bond motifs is 1. The van der Waals surface area contributed by atoms with Crippen molar-refractivity contribution in [2.75, 3.05) is 5.32 Å². The fourth-order valence-electron chi connectivity index (χ4n) is 1.80. The molecule has 0 saturated carbocycles. The van der Waals surface area contributed by atoms with Gasteiger partial charge in [-0.05, 0) is 12.1 Å². The van der Waals surface area contributed by atoms with Gasteiger partial charge in [0.15, 0.2) is 11.5 Å². The Balaban J connectivity index is 1.91. The number of carboxylic acids is 1. The number of pyridine rings is 1. The fraction of sp³-hybridized carbons (Fsp3) is 0. The Kier molecular flexibility index (Phi) is 3.03. The molecule has 8 nitrogen and oxygen atoms in total. The highest BCUT2D eigenvalue weighted by atomic mass is 16.4. The third-order valence-electron chi connectivity index (χ3n) is 2.73. The van der Waals surface area contributed by atoms with Gasteiger partial charge in [-0.15, -0.1) is 0 Å². The molecule has 0 bridgehead atoms. The molecule has 3 aromatic rings. The lowest BCUT2D eigenvalue weighted by molar-refractivity contribution is 0.0691. The maximum Gasteiger partial charge on any atom is 0.358 e. The molecule has 0 saturated heterocycles. The summed E-state index contributed by atoms with van der Waals surface area (Å²) in [6.45, 7) is 0. The van der Waals surface area contributed by atoms with Crippen molar-refractivity contribution in [1.82, 2.24) is 19.4 Å². The Hall–Kier alpha value is -3.29. The van der Waals surface area contributed by atoms with E-state index in [1.165, 1.54) is 12.4 Å². The van der Waals surface area contributed by atoms with E-state index in [0.29, 0.717) is 5.65 Å². The van der Waals surface area contributed by atoms with Crippen molar-refractivity contribution >= 4 is 23.3 Å². The van der Waals surface area contributed by atoms with Crippen LogP contribution < -0.4 is 5.32 Å². The summed E-state index contributed by atoms with van der Waals surface area (Å²) in [7, 11) is 0. The van der Waals surface area contributed by atoms with Gasteiger partial charge in [-0.1, -0.05) is 6.07 Å². The molecule has 0 aromatic carbocycles. The van der Waals surface area contributed by atoms with Crippen LogP contribution in [0.2, 0.25) is 0 Å². The summed E-state index contributed by atoms with van der Waals surface area (Å²) in [6, 6.07) is 5.36. The number of rotatable bonds is 3. The highest BCUT2D eigenvalue weighted by Crippen LogP contribution is 2.11. The Morgan fingerprint density at radius 3 is 2.76 bits per heavy atom. The van der Waals surface area contributed by atoms with Gasteiger partial charge in [0.2, 0.25) is 0 Å². The van der Waals surface area contributed by atoms with E-state index in [4.69, 9.17) is 5.11 Å². The van der Waals surface area contributed by atoms with Gasteiger partial charge in [0.05, 0.1) is 0 Å². The van der Waals surface area contributed by atoms with Crippen LogP contribution in [0.15, 0.2) is 43.0 Å². The SMILES string of the molecule is O=C(Nc1nccnc1C(=O)O)c1cn2ccccc2n1. The molecule has 104 valence electrons. The standard InChI is InChI=1S/C13H9N5O3/c19-12(8-7-18-6-2-1-3-9(18)16-8)17-11-10(13(20)21)14-4-5-15-11/h1-7H,(H,20,21)(H,15,17,19). The summed E-state index contributed by atoms with van der Waals surface area (Å²) < 4.78 is 1.68. The van der Waals surface area contributed by atoms with E-state index in [-0.39, 0.29) is 17.2 Å². The first kappa shape index (κ1) is 12.7. The van der Waals surface area contributed by atoms with E-state index >= 15 is 0 Å². The first-order valence-electron chi connectivity index (χ1n) is 5.94. The lowest BCUT2D eigenvalue weighted by Gasteiger charge is -2.04. The number of carboxylic acid groups (broad SMARTS) is 1. The first-order chi connectivity index (χ1) is 10.1. The van der Waals surface area contributed by atoms with E-state index in [0.717, 1.165) is 0 Å². The Morgan fingerprint density at radius 1 is 1.19 bits per heavy atom. The highest BCUT2D eigenvalue weighted by molar-refractivity contribution is 6.05. The molecule has 0 unspecified atom stereocenters. The number of amides is 1. The summed E-state index contributed by atoms with van der Waals surface area (Å²) in [5.41, 5.74) is 0.443. The van der Waals surface area contributed by atoms with Gasteiger partial charge in [0.25, 0.3) is 5.91 Å². The second kappa shape index (κ2) is 5.00. The summed E-state index contributed by atoms with van der Waals surface area (Å²) in [5.74, 6) is -1.94. The number of nitrogens with one attached hydrogen (secondary N) is 1. The van der Waals surface area contributed by atoms with Crippen LogP contribution in [0.4, 0.5) is 5.82 Å². The molecule has 0 aliphatic heterocycles. The van der Waals surface area contributed by atoms with Crippen molar-refractivity contribution in [3.8, 4) is 0 Å². The Labute approximate surface area is 118 Å². The quantitative estimate of drug-likeness (QED) is 0.744. The predicted molar refractivity (Wildman–Crippen MR) is 72.1 cm³/mol. The molecule has 21 heavy (non-hydrogen) atoms. The normalized spacial score (nSPS) is 10.5. The van der Waals surface area contributed by atoms with Crippen molar-refractivity contribution in [3.63, 3.8) is 0 Å². The maximum atomic E-state index is 12.1. The van der Waals surface area contributed by atoms with Crippen molar-refractivity contribution in [2.24, 2.45) is 0 Å². The van der Waals surface area contributed by atoms with E-state index in [2.05, 4.69) is 20.3 Å². The Bertz CT molecular complexity index is 809. The van der Waals surface area contributed by atoms with Crippen LogP contribution in [0.25, 0.3) is 5.65 Å². The molecular formula is C13H9N5O3. The van der Waals surface area contributed by atoms with Gasteiger partial charge in [0, 0.05) is 24.8 Å². The minimum absolute atomic E-state index is 0.118. The average Bonchev–Trinajstić information content (AvgIpc) is 2.91. The van der Waals surface area contributed by atoms with Gasteiger partial charge in [-0.2, -0.15) is 0 Å². The van der Waals surface area contributed by atoms with Crippen LogP contribution in [0, 0.1) is 0 Å². The molecular weight excluding hydrogens is 274 g/mol. The van der Waals surface area contributed by atoms with E-state index in [9.17, 15) is 9.59 Å². The maximum absolute atomic E-state index is 12.1. The second-order valence-corrected chi connectivity index (χ2v) is 4.11. The largest absolute Gasteiger partial charge is 0.476 e. The number of anilines is 1. The van der Waals surface area contributed by atoms with Gasteiger partial charge in [-0.3, -0.25) is 4.79 Å². The zero-order chi connectivity index (χ0) is 14.8. The van der Waals surface area contributed by atoms with Crippen LogP contribution in [-0.2, 0) is 0 Å². The van der Waals surface area contributed by atoms with E-state index in [1.807, 2.05) is 6.07 Å². The van der Waals surface area contributed by atoms with Crippen molar-refractivity contribution < 1.29 is 14.7 Å². The number of aromatic nitrogens is 4. The van der Waals surface area contributed by atoms with Gasteiger partial charge >= 0.3 is 5.97 Å². The number of hydrogen-bond donors (Lipinski definition) is 2. The minimum Gasteiger partial charge on any atom is -0.476 e. The number of hydrogen-bond acceptors (Lipinski definition) is 5. The summed E-state index contributed by atoms with van der Waals surface area (Å²) >= 11 is 0. The number of imidazole rings is 1. The number of carbonyl (C=O) groups excluding carboxylic acids is 1. The third kappa shape index (κ3) is 2.41. The molecule has 3 rings (SSSR count). The molecule has 8 heteroatoms. The van der Waals surface area contributed by atoms with Gasteiger partial charge in [0.1, 0.15) is 11.3 Å². The topological polar surface area (TPSA) is 109 Å². The van der Waals surface area contributed by atoms with Crippen molar-refractivity contribution in [1.29, 1.82) is 0 Å². The zero-order valence-corrected chi connectivity index (χ0v) is 10.6. The highest BCUT2D eigenvalue weighted by Gasteiger charge is 2.17. The minimum atomic E-state index is -1.27. The smallest absolute Gasteiger partial charge is 0.358 e. The number of aromatic carboxylic acids is 1. The summed E-state index contributed by atoms with van der Waals surface area (Å²) in [4.78, 5) is 34.7. The lowest BCUT2D eigenvalue weighted by Crippen LogP contribution is -2.17. The molecule has 3 heterocycles. The summed E-state index contributed by atoms with van der Waals surface area (Å²) in [5, 5.41) is 11.4. The number of carbonyl (C=O) groups is 2. The Morgan fingerprint density at radius 2 is 2.00 bits per heavy atom. The van der Waals surface area contributed by atoms with Crippen LogP contribution >= 0.6 is 0 Å². The zero-order valence-electron chi connectivity index (χ0n) is 10.6. The molecule has 0 aliphatic rings. The second-order valence-electron chi connectivity index (χ2n) is 4.11. The van der Waals surface area contributed by atoms with Crippen LogP contribution in [-0.4, -0.2) is 36.3 Å². The van der Waals surface area contributed by atoms with Crippen LogP contribution in [0.5, 0.6) is 0 Å². The number of nitrogens with zero attached hydrogens (tertiary/aromatic N) is 4. The van der Waals surface area contributed by atoms with Gasteiger partial charge in [-0.25, -0.2) is 19.7 Å². The third-order valence-corrected chi connectivity index (χ3v) is 2.73. The van der Waals surface area contributed by atoms with E-state index < -0.39 is 11.9 Å². The molecule has 0 aliphatic carbocycles. The molecule has 2 N–H and O–H groups in total. The van der Waals surface area contributed by atoms with Crippen LogP contribution in [0.3, 0.4) is 0 Å². The van der Waals surface area contributed by atoms with Crippen LogP contribution in [0.1, 0.15) is 21.0 Å². The van der Waals surface area contributed by atoms with Crippen molar-refractivity contribution in [2.45, 2.75) is 0 Å². The molecule has 0 fully saturated rings. The van der Waals surface area contributed by atoms with Crippen molar-refractivity contribution in [3.05, 3.63) is 54.4 Å². The molecule has 0 spiro atoms. The summed E-state index contributed by atoms with van der Waals surface area (Å²) in [6.07, 6.45) is 5.83. The van der Waals surface area contributed by atoms with E-state index in [1.54, 1.807) is 28.9 Å². The monoisotopic (exact) mass is 283 g/mol. The average molecular weight is 283 g/mol. The molecule has 0 radical (unpaired) electrons. The molecule has 3 aromatic heterocycles. The predicted octanol–water partition coefficient (Wildman–Crippen LogP) is 1.07. The molecule has 0 atom stereocenters. The fourth-order valence-corrected chi connectivity index (χ4v) is 1.80.